The minimum absolute atomic E-state index is 0.0659. The highest BCUT2D eigenvalue weighted by atomic mass is 16.4. The molecule has 1 N–H and O–H groups in total. The zero-order valence-corrected chi connectivity index (χ0v) is 9.43. The lowest BCUT2D eigenvalue weighted by atomic mass is 10.3. The van der Waals surface area contributed by atoms with Crippen molar-refractivity contribution in [2.75, 3.05) is 6.54 Å². The van der Waals surface area contributed by atoms with Crippen molar-refractivity contribution in [3.63, 3.8) is 0 Å². The standard InChI is InChI=1S/C11H15N3O2/c1-3-6-12-8(2)10-13-14-11(16-10)9-5-4-7-15-9/h4-5,7-8,12H,3,6H2,1-2H3. The first-order valence-corrected chi connectivity index (χ1v) is 5.42. The Bertz CT molecular complexity index is 422. The maximum atomic E-state index is 5.51. The summed E-state index contributed by atoms with van der Waals surface area (Å²) in [6, 6.07) is 3.65. The van der Waals surface area contributed by atoms with Gasteiger partial charge in [0.05, 0.1) is 12.3 Å². The average Bonchev–Trinajstić information content (AvgIpc) is 2.94. The number of hydrogen-bond acceptors (Lipinski definition) is 5. The molecule has 0 spiro atoms. The molecule has 2 rings (SSSR count). The molecule has 1 unspecified atom stereocenters. The van der Waals surface area contributed by atoms with Gasteiger partial charge in [-0.25, -0.2) is 0 Å². The van der Waals surface area contributed by atoms with Gasteiger partial charge >= 0.3 is 0 Å². The van der Waals surface area contributed by atoms with Crippen LogP contribution < -0.4 is 5.32 Å². The molecular weight excluding hydrogens is 206 g/mol. The summed E-state index contributed by atoms with van der Waals surface area (Å²) in [6.45, 7) is 5.04. The second kappa shape index (κ2) is 4.94. The third kappa shape index (κ3) is 2.30. The lowest BCUT2D eigenvalue weighted by Crippen LogP contribution is -2.19. The van der Waals surface area contributed by atoms with Crippen LogP contribution in [0.15, 0.2) is 27.2 Å². The van der Waals surface area contributed by atoms with E-state index in [1.165, 1.54) is 0 Å². The van der Waals surface area contributed by atoms with Crippen molar-refractivity contribution in [3.8, 4) is 11.7 Å². The molecule has 1 atom stereocenters. The van der Waals surface area contributed by atoms with Gasteiger partial charge in [-0.1, -0.05) is 6.92 Å². The molecule has 0 fully saturated rings. The highest BCUT2D eigenvalue weighted by Gasteiger charge is 2.15. The zero-order valence-electron chi connectivity index (χ0n) is 9.43. The van der Waals surface area contributed by atoms with Gasteiger partial charge in [-0.2, -0.15) is 0 Å². The summed E-state index contributed by atoms with van der Waals surface area (Å²) in [4.78, 5) is 0. The summed E-state index contributed by atoms with van der Waals surface area (Å²) in [5.74, 6) is 1.60. The van der Waals surface area contributed by atoms with Crippen LogP contribution in [0, 0.1) is 0 Å². The molecule has 0 bridgehead atoms. The van der Waals surface area contributed by atoms with Crippen molar-refractivity contribution in [3.05, 3.63) is 24.3 Å². The van der Waals surface area contributed by atoms with E-state index >= 15 is 0 Å². The topological polar surface area (TPSA) is 64.1 Å². The summed E-state index contributed by atoms with van der Waals surface area (Å²) >= 11 is 0. The molecule has 0 aliphatic rings. The largest absolute Gasteiger partial charge is 0.459 e. The van der Waals surface area contributed by atoms with Gasteiger partial charge in [-0.05, 0) is 32.0 Å². The van der Waals surface area contributed by atoms with Crippen LogP contribution in [0.1, 0.15) is 32.2 Å². The van der Waals surface area contributed by atoms with Crippen LogP contribution in [-0.4, -0.2) is 16.7 Å². The minimum Gasteiger partial charge on any atom is -0.459 e. The van der Waals surface area contributed by atoms with Crippen molar-refractivity contribution >= 4 is 0 Å². The van der Waals surface area contributed by atoms with E-state index in [0.717, 1.165) is 13.0 Å². The van der Waals surface area contributed by atoms with Gasteiger partial charge in [0.15, 0.2) is 5.76 Å². The van der Waals surface area contributed by atoms with Gasteiger partial charge in [-0.3, -0.25) is 0 Å². The van der Waals surface area contributed by atoms with Gasteiger partial charge < -0.3 is 14.2 Å². The Labute approximate surface area is 93.9 Å². The molecule has 0 saturated carbocycles. The number of nitrogens with zero attached hydrogens (tertiary/aromatic N) is 2. The first kappa shape index (κ1) is 10.9. The second-order valence-corrected chi connectivity index (χ2v) is 3.60. The Morgan fingerprint density at radius 3 is 3.00 bits per heavy atom. The van der Waals surface area contributed by atoms with E-state index in [1.807, 2.05) is 6.92 Å². The van der Waals surface area contributed by atoms with Gasteiger partial charge in [-0.15, -0.1) is 10.2 Å². The molecule has 2 aromatic heterocycles. The van der Waals surface area contributed by atoms with Crippen LogP contribution in [0.25, 0.3) is 11.7 Å². The fraction of sp³-hybridized carbons (Fsp3) is 0.455. The van der Waals surface area contributed by atoms with Crippen molar-refractivity contribution in [1.29, 1.82) is 0 Å². The molecule has 2 aromatic rings. The number of aromatic nitrogens is 2. The number of rotatable bonds is 5. The van der Waals surface area contributed by atoms with Crippen LogP contribution >= 0.6 is 0 Å². The van der Waals surface area contributed by atoms with Crippen LogP contribution in [-0.2, 0) is 0 Å². The van der Waals surface area contributed by atoms with Crippen LogP contribution in [0.5, 0.6) is 0 Å². The predicted molar refractivity (Wildman–Crippen MR) is 58.7 cm³/mol. The van der Waals surface area contributed by atoms with Crippen LogP contribution in [0.3, 0.4) is 0 Å². The van der Waals surface area contributed by atoms with E-state index in [4.69, 9.17) is 8.83 Å². The SMILES string of the molecule is CCCNC(C)c1nnc(-c2ccco2)o1. The highest BCUT2D eigenvalue weighted by Crippen LogP contribution is 2.20. The van der Waals surface area contributed by atoms with E-state index in [9.17, 15) is 0 Å². The van der Waals surface area contributed by atoms with E-state index in [1.54, 1.807) is 18.4 Å². The maximum Gasteiger partial charge on any atom is 0.283 e. The van der Waals surface area contributed by atoms with Crippen LogP contribution in [0.2, 0.25) is 0 Å². The molecule has 0 aliphatic heterocycles. The van der Waals surface area contributed by atoms with E-state index < -0.39 is 0 Å². The first-order chi connectivity index (χ1) is 7.81. The lowest BCUT2D eigenvalue weighted by Gasteiger charge is -2.07. The third-order valence-electron chi connectivity index (χ3n) is 2.24. The second-order valence-electron chi connectivity index (χ2n) is 3.60. The van der Waals surface area contributed by atoms with Crippen molar-refractivity contribution in [2.24, 2.45) is 0 Å². The monoisotopic (exact) mass is 221 g/mol. The Morgan fingerprint density at radius 2 is 2.31 bits per heavy atom. The van der Waals surface area contributed by atoms with Crippen molar-refractivity contribution in [1.82, 2.24) is 15.5 Å². The van der Waals surface area contributed by atoms with Gasteiger partial charge in [0.1, 0.15) is 0 Å². The first-order valence-electron chi connectivity index (χ1n) is 5.42. The Balaban J connectivity index is 2.07. The van der Waals surface area contributed by atoms with Gasteiger partial charge in [0.2, 0.25) is 5.89 Å². The minimum atomic E-state index is 0.0659. The highest BCUT2D eigenvalue weighted by molar-refractivity contribution is 5.42. The fourth-order valence-electron chi connectivity index (χ4n) is 1.36. The molecule has 5 heteroatoms. The molecule has 0 radical (unpaired) electrons. The summed E-state index contributed by atoms with van der Waals surface area (Å²) in [7, 11) is 0. The van der Waals surface area contributed by atoms with E-state index in [2.05, 4.69) is 22.4 Å². The molecule has 16 heavy (non-hydrogen) atoms. The van der Waals surface area contributed by atoms with Crippen LogP contribution in [0.4, 0.5) is 0 Å². The van der Waals surface area contributed by atoms with E-state index in [-0.39, 0.29) is 6.04 Å². The molecule has 86 valence electrons. The molecule has 5 nitrogen and oxygen atoms in total. The normalized spacial score (nSPS) is 12.9. The lowest BCUT2D eigenvalue weighted by molar-refractivity contribution is 0.415. The van der Waals surface area contributed by atoms with E-state index in [0.29, 0.717) is 17.5 Å². The van der Waals surface area contributed by atoms with Gasteiger partial charge in [0, 0.05) is 0 Å². The Hall–Kier alpha value is -1.62. The number of hydrogen-bond donors (Lipinski definition) is 1. The maximum absolute atomic E-state index is 5.51. The Kier molecular flexibility index (Phi) is 3.36. The number of furan rings is 1. The summed E-state index contributed by atoms with van der Waals surface area (Å²) in [5.41, 5.74) is 0. The molecule has 0 saturated heterocycles. The fourth-order valence-corrected chi connectivity index (χ4v) is 1.36. The van der Waals surface area contributed by atoms with Crippen molar-refractivity contribution in [2.45, 2.75) is 26.3 Å². The summed E-state index contributed by atoms with van der Waals surface area (Å²) < 4.78 is 10.7. The molecule has 0 amide bonds. The number of nitrogens with one attached hydrogen (secondary N) is 1. The predicted octanol–water partition coefficient (Wildman–Crippen LogP) is 2.39. The summed E-state index contributed by atoms with van der Waals surface area (Å²) in [5, 5.41) is 11.2. The molecular formula is C11H15N3O2. The zero-order chi connectivity index (χ0) is 11.4. The van der Waals surface area contributed by atoms with Gasteiger partial charge in [0.25, 0.3) is 5.89 Å². The molecule has 0 aromatic carbocycles. The summed E-state index contributed by atoms with van der Waals surface area (Å²) in [6.07, 6.45) is 2.65. The third-order valence-corrected chi connectivity index (χ3v) is 2.24. The quantitative estimate of drug-likeness (QED) is 0.839. The average molecular weight is 221 g/mol. The molecule has 0 aliphatic carbocycles. The van der Waals surface area contributed by atoms with Crippen molar-refractivity contribution < 1.29 is 8.83 Å². The smallest absolute Gasteiger partial charge is 0.283 e. The molecule has 2 heterocycles. The Morgan fingerprint density at radius 1 is 1.44 bits per heavy atom.